The predicted octanol–water partition coefficient (Wildman–Crippen LogP) is 5.80. The number of likely N-dealkylation sites (tertiary alicyclic amines) is 3. The van der Waals surface area contributed by atoms with Gasteiger partial charge in [0.15, 0.2) is 0 Å². The summed E-state index contributed by atoms with van der Waals surface area (Å²) in [6.45, 7) is 29.3. The number of aliphatic hydroxyl groups is 1. The van der Waals surface area contributed by atoms with Crippen LogP contribution in [-0.4, -0.2) is 162 Å². The summed E-state index contributed by atoms with van der Waals surface area (Å²) in [5.74, 6) is -0.333. The highest BCUT2D eigenvalue weighted by molar-refractivity contribution is 5.95. The average Bonchev–Trinajstić information content (AvgIpc) is 3.57. The van der Waals surface area contributed by atoms with E-state index in [1.165, 1.54) is 16.6 Å². The minimum Gasteiger partial charge on any atom is -0.395 e. The van der Waals surface area contributed by atoms with Crippen LogP contribution in [0.5, 0.6) is 0 Å². The lowest BCUT2D eigenvalue weighted by Gasteiger charge is -2.64. The lowest BCUT2D eigenvalue weighted by Crippen LogP contribution is -2.81. The molecule has 5 aliphatic rings. The van der Waals surface area contributed by atoms with Crippen LogP contribution >= 0.6 is 0 Å². The van der Waals surface area contributed by atoms with Crippen molar-refractivity contribution >= 4 is 34.3 Å². The number of amides is 3. The van der Waals surface area contributed by atoms with Gasteiger partial charge in [0, 0.05) is 119 Å². The fourth-order valence-corrected chi connectivity index (χ4v) is 12.2. The van der Waals surface area contributed by atoms with Gasteiger partial charge in [0.1, 0.15) is 6.04 Å². The van der Waals surface area contributed by atoms with E-state index in [0.717, 1.165) is 86.3 Å². The Morgan fingerprint density at radius 2 is 1.78 bits per heavy atom. The SMILES string of the molecule is CCn1c(-c2cc(C)cnc2C(C)OC)c(CC(C)(C)CC)c2cc(N(CCO)CC(C)C(C(NC(=O)C(C(C)C)N3CCC34CN(C(C)=O)C4)C(=O)N3CCCCN3)N3CC4(COC4)C3)ccc21. The van der Waals surface area contributed by atoms with E-state index < -0.39 is 12.1 Å². The van der Waals surface area contributed by atoms with Crippen LogP contribution in [0.25, 0.3) is 22.2 Å². The minimum atomic E-state index is -0.834. The molecule has 5 unspecified atom stereocenters. The molecular weight excluding hydrogens is 871 g/mol. The van der Waals surface area contributed by atoms with Gasteiger partial charge in [0.2, 0.25) is 11.8 Å². The second kappa shape index (κ2) is 20.5. The molecule has 8 rings (SSSR count). The molecule has 0 radical (unpaired) electrons. The number of anilines is 1. The number of hydrogen-bond donors (Lipinski definition) is 3. The van der Waals surface area contributed by atoms with Gasteiger partial charge in [-0.15, -0.1) is 0 Å². The number of nitrogens with one attached hydrogen (secondary N) is 2. The maximum Gasteiger partial charge on any atom is 0.260 e. The van der Waals surface area contributed by atoms with Crippen LogP contribution in [0.4, 0.5) is 5.69 Å². The normalized spacial score (nSPS) is 21.3. The van der Waals surface area contributed by atoms with Crippen LogP contribution in [0, 0.1) is 29.6 Å². The first-order chi connectivity index (χ1) is 32.9. The summed E-state index contributed by atoms with van der Waals surface area (Å²) in [7, 11) is 1.74. The number of nitrogens with zero attached hydrogens (tertiary/aromatic N) is 7. The summed E-state index contributed by atoms with van der Waals surface area (Å²) in [5, 5.41) is 17.2. The Kier molecular flexibility index (Phi) is 15.3. The molecule has 2 aromatic heterocycles. The molecule has 1 aromatic carbocycles. The first kappa shape index (κ1) is 51.2. The molecule has 5 atom stereocenters. The highest BCUT2D eigenvalue weighted by atomic mass is 16.5. The number of pyridine rings is 1. The summed E-state index contributed by atoms with van der Waals surface area (Å²) in [4.78, 5) is 56.4. The summed E-state index contributed by atoms with van der Waals surface area (Å²) in [5.41, 5.74) is 11.0. The number of aryl methyl sites for hydroxylation is 2. The number of aromatic nitrogens is 2. The Balaban J connectivity index is 1.17. The van der Waals surface area contributed by atoms with Crippen molar-refractivity contribution in [1.82, 2.24) is 40.0 Å². The Bertz CT molecular complexity index is 2320. The molecule has 7 heterocycles. The van der Waals surface area contributed by atoms with Gasteiger partial charge in [-0.3, -0.25) is 34.2 Å². The van der Waals surface area contributed by atoms with Crippen molar-refractivity contribution in [2.45, 2.75) is 138 Å². The molecule has 3 aromatic rings. The molecule has 0 aliphatic carbocycles. The van der Waals surface area contributed by atoms with Crippen LogP contribution in [0.15, 0.2) is 30.5 Å². The zero-order valence-corrected chi connectivity index (χ0v) is 43.7. The topological polar surface area (TPSA) is 148 Å². The number of aliphatic hydroxyl groups excluding tert-OH is 1. The van der Waals surface area contributed by atoms with E-state index in [9.17, 15) is 9.90 Å². The first-order valence-corrected chi connectivity index (χ1v) is 26.1. The quantitative estimate of drug-likeness (QED) is 0.126. The van der Waals surface area contributed by atoms with Crippen molar-refractivity contribution in [2.24, 2.45) is 22.7 Å². The number of benzene rings is 1. The molecule has 5 aliphatic heterocycles. The van der Waals surface area contributed by atoms with Crippen LogP contribution < -0.4 is 15.6 Å². The van der Waals surface area contributed by atoms with E-state index in [2.05, 4.69) is 117 Å². The van der Waals surface area contributed by atoms with Crippen molar-refractivity contribution in [3.63, 3.8) is 0 Å². The molecule has 0 bridgehead atoms. The van der Waals surface area contributed by atoms with Gasteiger partial charge in [-0.2, -0.15) is 0 Å². The first-order valence-electron chi connectivity index (χ1n) is 26.1. The summed E-state index contributed by atoms with van der Waals surface area (Å²) < 4.78 is 14.1. The van der Waals surface area contributed by atoms with Crippen molar-refractivity contribution in [1.29, 1.82) is 0 Å². The van der Waals surface area contributed by atoms with E-state index in [1.54, 1.807) is 19.0 Å². The molecule has 5 fully saturated rings. The molecule has 3 amide bonds. The van der Waals surface area contributed by atoms with Crippen molar-refractivity contribution < 1.29 is 29.0 Å². The standard InChI is InChI=1S/C54H83N9O6/c1-12-52(9,10)26-43-41-25-40(16-17-44(41)61(13-2)49(43)42-24-36(5)27-55-45(42)38(7)68-11)58(22-23-64)28-37(6)48(60-29-53(30-60)33-69-34-53)46(51(67)63-20-15-14-19-56-63)57-50(66)47(35(3)4)62-21-18-54(62)31-59(32-54)39(8)65/h16-17,24-25,27,35,37-38,46-48,56,64H,12-15,18-23,26,28-34H2,1-11H3,(H,57,66). The fraction of sp³-hybridized carbons (Fsp3) is 0.704. The molecule has 2 spiro atoms. The predicted molar refractivity (Wildman–Crippen MR) is 272 cm³/mol. The average molecular weight is 954 g/mol. The highest BCUT2D eigenvalue weighted by Crippen LogP contribution is 2.45. The number of ether oxygens (including phenoxy) is 2. The van der Waals surface area contributed by atoms with Gasteiger partial charge in [0.25, 0.3) is 5.91 Å². The maximum atomic E-state index is 15.2. The summed E-state index contributed by atoms with van der Waals surface area (Å²) in [6, 6.07) is 7.37. The Morgan fingerprint density at radius 3 is 2.35 bits per heavy atom. The van der Waals surface area contributed by atoms with E-state index >= 15 is 9.59 Å². The Labute approximate surface area is 411 Å². The molecule has 15 heteroatoms. The smallest absolute Gasteiger partial charge is 0.260 e. The third kappa shape index (κ3) is 9.94. The molecule has 0 saturated carbocycles. The summed E-state index contributed by atoms with van der Waals surface area (Å²) >= 11 is 0. The van der Waals surface area contributed by atoms with Crippen LogP contribution in [-0.2, 0) is 36.8 Å². The van der Waals surface area contributed by atoms with Gasteiger partial charge in [-0.1, -0.05) is 48.0 Å². The van der Waals surface area contributed by atoms with Gasteiger partial charge >= 0.3 is 0 Å². The third-order valence-electron chi connectivity index (χ3n) is 16.6. The molecular formula is C54H83N9O6. The highest BCUT2D eigenvalue weighted by Gasteiger charge is 2.59. The van der Waals surface area contributed by atoms with Crippen LogP contribution in [0.1, 0.15) is 111 Å². The van der Waals surface area contributed by atoms with E-state index in [-0.39, 0.29) is 64.7 Å². The number of methoxy groups -OCH3 is 1. The number of hydrogen-bond acceptors (Lipinski definition) is 11. The van der Waals surface area contributed by atoms with Gasteiger partial charge < -0.3 is 34.3 Å². The molecule has 5 saturated heterocycles. The van der Waals surface area contributed by atoms with Gasteiger partial charge in [-0.05, 0) is 99.1 Å². The van der Waals surface area contributed by atoms with Crippen LogP contribution in [0.2, 0.25) is 0 Å². The Hall–Kier alpha value is -4.12. The molecule has 380 valence electrons. The number of fused-ring (bicyclic) bond motifs is 1. The molecule has 69 heavy (non-hydrogen) atoms. The number of rotatable bonds is 20. The lowest BCUT2D eigenvalue weighted by molar-refractivity contribution is -0.205. The van der Waals surface area contributed by atoms with E-state index in [1.807, 2.05) is 11.1 Å². The number of hydrazine groups is 1. The Morgan fingerprint density at radius 1 is 1.04 bits per heavy atom. The number of carbonyl (C=O) groups excluding carboxylic acids is 3. The van der Waals surface area contributed by atoms with Gasteiger partial charge in [-0.25, -0.2) is 5.43 Å². The van der Waals surface area contributed by atoms with Crippen molar-refractivity contribution in [2.75, 3.05) is 90.7 Å². The van der Waals surface area contributed by atoms with Crippen LogP contribution in [0.3, 0.4) is 0 Å². The van der Waals surface area contributed by atoms with Gasteiger partial charge in [0.05, 0.1) is 48.9 Å². The fourth-order valence-electron chi connectivity index (χ4n) is 12.2. The number of carbonyl (C=O) groups is 3. The summed E-state index contributed by atoms with van der Waals surface area (Å²) in [6.07, 6.45) is 6.41. The molecule has 15 nitrogen and oxygen atoms in total. The van der Waals surface area contributed by atoms with Crippen molar-refractivity contribution in [3.05, 3.63) is 47.3 Å². The van der Waals surface area contributed by atoms with E-state index in [4.69, 9.17) is 14.5 Å². The lowest BCUT2D eigenvalue weighted by atomic mass is 9.74. The zero-order chi connectivity index (χ0) is 49.6. The largest absolute Gasteiger partial charge is 0.395 e. The zero-order valence-electron chi connectivity index (χ0n) is 43.7. The monoisotopic (exact) mass is 954 g/mol. The second-order valence-electron chi connectivity index (χ2n) is 22.6. The molecule has 3 N–H and O–H groups in total. The minimum absolute atomic E-state index is 0.0151. The maximum absolute atomic E-state index is 15.2. The van der Waals surface area contributed by atoms with Crippen molar-refractivity contribution in [3.8, 4) is 11.3 Å². The van der Waals surface area contributed by atoms with E-state index in [0.29, 0.717) is 52.5 Å². The third-order valence-corrected chi connectivity index (χ3v) is 16.6. The second-order valence-corrected chi connectivity index (χ2v) is 22.6.